The van der Waals surface area contributed by atoms with Crippen LogP contribution in [0.1, 0.15) is 20.8 Å². The zero-order chi connectivity index (χ0) is 7.12. The highest BCUT2D eigenvalue weighted by molar-refractivity contribution is 8.43. The Hall–Kier alpha value is 0.0900. The molecular weight excluding hydrogens is 128 g/mol. The van der Waals surface area contributed by atoms with Gasteiger partial charge in [0, 0.05) is 0 Å². The van der Waals surface area contributed by atoms with E-state index in [0.29, 0.717) is 5.41 Å². The predicted octanol–water partition coefficient (Wildman–Crippen LogP) is 2.95. The Morgan fingerprint density at radius 3 is 1.78 bits per heavy atom. The van der Waals surface area contributed by atoms with Crippen LogP contribution in [0.25, 0.3) is 0 Å². The summed E-state index contributed by atoms with van der Waals surface area (Å²) in [7, 11) is -0.282. The minimum atomic E-state index is -0.282. The Morgan fingerprint density at radius 2 is 1.67 bits per heavy atom. The van der Waals surface area contributed by atoms with Gasteiger partial charge in [0.1, 0.15) is 0 Å². The molecule has 9 heavy (non-hydrogen) atoms. The molecule has 54 valence electrons. The van der Waals surface area contributed by atoms with E-state index < -0.39 is 0 Å². The lowest BCUT2D eigenvalue weighted by Gasteiger charge is -2.26. The molecule has 0 aromatic heterocycles. The lowest BCUT2D eigenvalue weighted by Crippen LogP contribution is -2.11. The summed E-state index contributed by atoms with van der Waals surface area (Å²) in [4.78, 5) is 0. The van der Waals surface area contributed by atoms with Crippen LogP contribution in [0.15, 0.2) is 10.8 Å². The van der Waals surface area contributed by atoms with Crippen LogP contribution >= 0.6 is 10.0 Å². The van der Waals surface area contributed by atoms with Gasteiger partial charge in [-0.25, -0.2) is 10.0 Å². The van der Waals surface area contributed by atoms with Crippen LogP contribution in [0.2, 0.25) is 0 Å². The van der Waals surface area contributed by atoms with Gasteiger partial charge >= 0.3 is 0 Å². The first-order valence-corrected chi connectivity index (χ1v) is 5.69. The van der Waals surface area contributed by atoms with Gasteiger partial charge in [0.2, 0.25) is 0 Å². The number of hydrogen-bond acceptors (Lipinski definition) is 0. The normalized spacial score (nSPS) is 25.8. The molecule has 0 unspecified atom stereocenters. The predicted molar refractivity (Wildman–Crippen MR) is 47.0 cm³/mol. The van der Waals surface area contributed by atoms with Gasteiger partial charge in [-0.05, 0) is 28.2 Å². The van der Waals surface area contributed by atoms with Gasteiger partial charge in [-0.2, -0.15) is 0 Å². The van der Waals surface area contributed by atoms with Gasteiger partial charge in [0.25, 0.3) is 0 Å². The van der Waals surface area contributed by atoms with E-state index in [9.17, 15) is 0 Å². The third-order valence-electron chi connectivity index (χ3n) is 1.34. The molecule has 0 aromatic rings. The van der Waals surface area contributed by atoms with E-state index in [1.54, 1.807) is 0 Å². The fourth-order valence-corrected chi connectivity index (χ4v) is 3.94. The summed E-state index contributed by atoms with van der Waals surface area (Å²) >= 11 is 0. The minimum Gasteiger partial charge on any atom is -0.202 e. The summed E-state index contributed by atoms with van der Waals surface area (Å²) < 4.78 is 0. The molecule has 0 atom stereocenters. The number of rotatable bonds is 1. The van der Waals surface area contributed by atoms with Crippen molar-refractivity contribution in [3.8, 4) is 0 Å². The fraction of sp³-hybridized carbons (Fsp3) is 0.750. The molecule has 0 spiro atoms. The molecule has 0 nitrogen and oxygen atoms in total. The van der Waals surface area contributed by atoms with E-state index in [4.69, 9.17) is 0 Å². The zero-order valence-corrected chi connectivity index (χ0v) is 7.59. The van der Waals surface area contributed by atoms with Crippen LogP contribution in [0, 0.1) is 5.41 Å². The van der Waals surface area contributed by atoms with Gasteiger partial charge < -0.3 is 0 Å². The Kier molecular flexibility index (Phi) is 1.43. The lowest BCUT2D eigenvalue weighted by molar-refractivity contribution is 0.480. The van der Waals surface area contributed by atoms with Gasteiger partial charge in [-0.3, -0.25) is 0 Å². The molecule has 0 radical (unpaired) electrons. The highest BCUT2D eigenvalue weighted by Crippen LogP contribution is 2.62. The summed E-state index contributed by atoms with van der Waals surface area (Å²) in [6.45, 7) is 6.93. The molecular formula is C8H16S. The first-order valence-electron chi connectivity index (χ1n) is 3.36. The van der Waals surface area contributed by atoms with Gasteiger partial charge in [-0.1, -0.05) is 20.8 Å². The standard InChI is InChI=1S/C8H16S/c1-8(2,3)7-9(4)5-6-9/h5-6H,7H2,1-4H3. The fourth-order valence-electron chi connectivity index (χ4n) is 1.12. The van der Waals surface area contributed by atoms with Crippen molar-refractivity contribution >= 4 is 10.0 Å². The summed E-state index contributed by atoms with van der Waals surface area (Å²) in [5, 5.41) is 4.75. The molecule has 0 saturated heterocycles. The van der Waals surface area contributed by atoms with E-state index in [0.717, 1.165) is 0 Å². The SMILES string of the molecule is CC(C)(C)CS1(C)C=C1. The minimum absolute atomic E-state index is 0.282. The van der Waals surface area contributed by atoms with Crippen molar-refractivity contribution in [2.45, 2.75) is 20.8 Å². The monoisotopic (exact) mass is 144 g/mol. The molecule has 0 aromatic carbocycles. The van der Waals surface area contributed by atoms with E-state index in [1.807, 2.05) is 0 Å². The van der Waals surface area contributed by atoms with E-state index in [2.05, 4.69) is 37.8 Å². The second kappa shape index (κ2) is 1.79. The zero-order valence-electron chi connectivity index (χ0n) is 6.77. The van der Waals surface area contributed by atoms with E-state index >= 15 is 0 Å². The van der Waals surface area contributed by atoms with E-state index in [-0.39, 0.29) is 10.0 Å². The average molecular weight is 144 g/mol. The Bertz CT molecular complexity index is 130. The smallest absolute Gasteiger partial charge is 0.0112 e. The highest BCUT2D eigenvalue weighted by atomic mass is 32.3. The van der Waals surface area contributed by atoms with Crippen LogP contribution in [0.4, 0.5) is 0 Å². The molecule has 1 aliphatic heterocycles. The van der Waals surface area contributed by atoms with Crippen LogP contribution in [0.5, 0.6) is 0 Å². The maximum absolute atomic E-state index is 2.37. The Balaban J connectivity index is 2.34. The third-order valence-corrected chi connectivity index (χ3v) is 4.03. The van der Waals surface area contributed by atoms with Crippen LogP contribution in [-0.4, -0.2) is 12.0 Å². The first-order chi connectivity index (χ1) is 3.91. The van der Waals surface area contributed by atoms with Crippen molar-refractivity contribution in [1.29, 1.82) is 0 Å². The molecule has 0 bridgehead atoms. The van der Waals surface area contributed by atoms with Crippen molar-refractivity contribution < 1.29 is 0 Å². The summed E-state index contributed by atoms with van der Waals surface area (Å²) in [5.41, 5.74) is 0.521. The van der Waals surface area contributed by atoms with Crippen LogP contribution in [-0.2, 0) is 0 Å². The third kappa shape index (κ3) is 2.44. The average Bonchev–Trinajstić information content (AvgIpc) is 2.12. The molecule has 1 rings (SSSR count). The summed E-state index contributed by atoms with van der Waals surface area (Å²) in [6, 6.07) is 0. The quantitative estimate of drug-likeness (QED) is 0.531. The Labute approximate surface area is 59.7 Å². The second-order valence-electron chi connectivity index (χ2n) is 4.21. The van der Waals surface area contributed by atoms with Gasteiger partial charge in [0.15, 0.2) is 0 Å². The van der Waals surface area contributed by atoms with Gasteiger partial charge in [0.05, 0.1) is 0 Å². The van der Waals surface area contributed by atoms with E-state index in [1.165, 1.54) is 5.75 Å². The van der Waals surface area contributed by atoms with Crippen molar-refractivity contribution in [2.24, 2.45) is 5.41 Å². The van der Waals surface area contributed by atoms with Crippen molar-refractivity contribution in [3.63, 3.8) is 0 Å². The molecule has 0 N–H and O–H groups in total. The molecule has 0 aliphatic carbocycles. The first kappa shape index (κ1) is 7.20. The topological polar surface area (TPSA) is 0 Å². The second-order valence-corrected chi connectivity index (χ2v) is 7.50. The molecule has 0 fully saturated rings. The lowest BCUT2D eigenvalue weighted by atomic mass is 10.0. The Morgan fingerprint density at radius 1 is 1.22 bits per heavy atom. The molecule has 1 aliphatic rings. The molecule has 0 saturated carbocycles. The van der Waals surface area contributed by atoms with Gasteiger partial charge in [-0.15, -0.1) is 0 Å². The number of hydrogen-bond donors (Lipinski definition) is 0. The van der Waals surface area contributed by atoms with Crippen LogP contribution in [0.3, 0.4) is 0 Å². The van der Waals surface area contributed by atoms with Crippen molar-refractivity contribution in [1.82, 2.24) is 0 Å². The molecule has 0 amide bonds. The van der Waals surface area contributed by atoms with Crippen molar-refractivity contribution in [3.05, 3.63) is 10.8 Å². The van der Waals surface area contributed by atoms with Crippen molar-refractivity contribution in [2.75, 3.05) is 12.0 Å². The maximum atomic E-state index is 2.37. The largest absolute Gasteiger partial charge is 0.202 e. The molecule has 1 heterocycles. The molecule has 1 heteroatoms. The summed E-state index contributed by atoms with van der Waals surface area (Å²) in [6.07, 6.45) is 2.37. The van der Waals surface area contributed by atoms with Crippen LogP contribution < -0.4 is 0 Å². The maximum Gasteiger partial charge on any atom is -0.0112 e. The summed E-state index contributed by atoms with van der Waals surface area (Å²) in [5.74, 6) is 1.38. The highest BCUT2D eigenvalue weighted by Gasteiger charge is 2.27.